The Bertz CT molecular complexity index is 143. The number of hydrogen-bond acceptors (Lipinski definition) is 1. The molecule has 0 saturated heterocycles. The lowest BCUT2D eigenvalue weighted by Crippen LogP contribution is -2.32. The second kappa shape index (κ2) is 4.45. The molecule has 0 radical (unpaired) electrons. The van der Waals surface area contributed by atoms with Crippen LogP contribution in [0.5, 0.6) is 0 Å². The van der Waals surface area contributed by atoms with Gasteiger partial charge in [0.1, 0.15) is 0 Å². The standard InChI is InChI=1S/C12H23N/c13-7-6-10-8-12(9-10)11-4-2-1-3-5-11/h10-12H,1-9,13H2. The van der Waals surface area contributed by atoms with Gasteiger partial charge >= 0.3 is 0 Å². The second-order valence-corrected chi connectivity index (χ2v) is 5.07. The molecule has 2 saturated carbocycles. The Morgan fingerprint density at radius 2 is 1.62 bits per heavy atom. The molecule has 0 aliphatic heterocycles. The second-order valence-electron chi connectivity index (χ2n) is 5.07. The molecule has 13 heavy (non-hydrogen) atoms. The van der Waals surface area contributed by atoms with Crippen molar-refractivity contribution in [2.75, 3.05) is 6.54 Å². The highest BCUT2D eigenvalue weighted by molar-refractivity contribution is 4.85. The average Bonchev–Trinajstić information content (AvgIpc) is 2.12. The highest BCUT2D eigenvalue weighted by Gasteiger charge is 2.34. The van der Waals surface area contributed by atoms with Crippen molar-refractivity contribution >= 4 is 0 Å². The largest absolute Gasteiger partial charge is 0.330 e. The van der Waals surface area contributed by atoms with E-state index < -0.39 is 0 Å². The van der Waals surface area contributed by atoms with Crippen LogP contribution in [0, 0.1) is 17.8 Å². The van der Waals surface area contributed by atoms with Gasteiger partial charge in [-0.3, -0.25) is 0 Å². The molecule has 0 spiro atoms. The first kappa shape index (κ1) is 9.51. The van der Waals surface area contributed by atoms with Crippen LogP contribution in [0.4, 0.5) is 0 Å². The van der Waals surface area contributed by atoms with Gasteiger partial charge in [0.15, 0.2) is 0 Å². The third-order valence-electron chi connectivity index (χ3n) is 4.16. The Morgan fingerprint density at radius 3 is 2.23 bits per heavy atom. The van der Waals surface area contributed by atoms with Crippen LogP contribution in [0.1, 0.15) is 51.4 Å². The van der Waals surface area contributed by atoms with Gasteiger partial charge in [-0.05, 0) is 43.6 Å². The van der Waals surface area contributed by atoms with Crippen molar-refractivity contribution in [2.24, 2.45) is 23.5 Å². The lowest BCUT2D eigenvalue weighted by molar-refractivity contribution is 0.0938. The van der Waals surface area contributed by atoms with Crippen LogP contribution in [0.15, 0.2) is 0 Å². The molecular weight excluding hydrogens is 158 g/mol. The molecule has 2 fully saturated rings. The van der Waals surface area contributed by atoms with Crippen LogP contribution in [-0.4, -0.2) is 6.54 Å². The maximum Gasteiger partial charge on any atom is -0.00746 e. The van der Waals surface area contributed by atoms with E-state index in [4.69, 9.17) is 5.73 Å². The van der Waals surface area contributed by atoms with Gasteiger partial charge in [0.25, 0.3) is 0 Å². The Hall–Kier alpha value is -0.0400. The number of hydrogen-bond donors (Lipinski definition) is 1. The molecule has 0 heterocycles. The molecule has 0 bridgehead atoms. The van der Waals surface area contributed by atoms with Crippen LogP contribution in [-0.2, 0) is 0 Å². The molecule has 0 amide bonds. The highest BCUT2D eigenvalue weighted by Crippen LogP contribution is 2.45. The van der Waals surface area contributed by atoms with Gasteiger partial charge in [-0.25, -0.2) is 0 Å². The van der Waals surface area contributed by atoms with Crippen molar-refractivity contribution in [3.63, 3.8) is 0 Å². The van der Waals surface area contributed by atoms with Crippen LogP contribution in [0.2, 0.25) is 0 Å². The minimum absolute atomic E-state index is 0.905. The zero-order chi connectivity index (χ0) is 9.10. The van der Waals surface area contributed by atoms with E-state index >= 15 is 0 Å². The maximum absolute atomic E-state index is 5.56. The van der Waals surface area contributed by atoms with E-state index in [0.717, 1.165) is 24.3 Å². The van der Waals surface area contributed by atoms with Gasteiger partial charge in [0.2, 0.25) is 0 Å². The van der Waals surface area contributed by atoms with Crippen LogP contribution < -0.4 is 5.73 Å². The molecule has 76 valence electrons. The average molecular weight is 181 g/mol. The topological polar surface area (TPSA) is 26.0 Å². The summed E-state index contributed by atoms with van der Waals surface area (Å²) in [5.74, 6) is 3.19. The molecule has 0 atom stereocenters. The fraction of sp³-hybridized carbons (Fsp3) is 1.00. The Morgan fingerprint density at radius 1 is 0.923 bits per heavy atom. The van der Waals surface area contributed by atoms with E-state index in [1.165, 1.54) is 51.4 Å². The summed E-state index contributed by atoms with van der Waals surface area (Å²) in [6.45, 7) is 0.905. The maximum atomic E-state index is 5.56. The van der Waals surface area contributed by atoms with E-state index in [1.807, 2.05) is 0 Å². The van der Waals surface area contributed by atoms with Gasteiger partial charge in [-0.2, -0.15) is 0 Å². The predicted octanol–water partition coefficient (Wildman–Crippen LogP) is 2.94. The van der Waals surface area contributed by atoms with Crippen molar-refractivity contribution in [1.82, 2.24) is 0 Å². The number of nitrogens with two attached hydrogens (primary N) is 1. The lowest BCUT2D eigenvalue weighted by Gasteiger charge is -2.42. The van der Waals surface area contributed by atoms with Crippen LogP contribution >= 0.6 is 0 Å². The van der Waals surface area contributed by atoms with E-state index in [9.17, 15) is 0 Å². The lowest BCUT2D eigenvalue weighted by atomic mass is 9.64. The fourth-order valence-corrected chi connectivity index (χ4v) is 3.25. The Balaban J connectivity index is 1.66. The number of rotatable bonds is 3. The summed E-state index contributed by atoms with van der Waals surface area (Å²) < 4.78 is 0. The quantitative estimate of drug-likeness (QED) is 0.711. The summed E-state index contributed by atoms with van der Waals surface area (Å²) >= 11 is 0. The van der Waals surface area contributed by atoms with Crippen molar-refractivity contribution in [3.8, 4) is 0 Å². The molecule has 0 unspecified atom stereocenters. The van der Waals surface area contributed by atoms with E-state index in [1.54, 1.807) is 0 Å². The molecule has 0 aromatic heterocycles. The summed E-state index contributed by atoms with van der Waals surface area (Å²) in [6, 6.07) is 0. The summed E-state index contributed by atoms with van der Waals surface area (Å²) in [6.07, 6.45) is 11.8. The fourth-order valence-electron chi connectivity index (χ4n) is 3.25. The zero-order valence-electron chi connectivity index (χ0n) is 8.67. The molecule has 2 N–H and O–H groups in total. The molecule has 2 rings (SSSR count). The Labute approximate surface area is 82.1 Å². The van der Waals surface area contributed by atoms with Gasteiger partial charge in [-0.1, -0.05) is 32.1 Å². The van der Waals surface area contributed by atoms with E-state index in [2.05, 4.69) is 0 Å². The predicted molar refractivity (Wildman–Crippen MR) is 56.5 cm³/mol. The van der Waals surface area contributed by atoms with Crippen molar-refractivity contribution < 1.29 is 0 Å². The minimum Gasteiger partial charge on any atom is -0.330 e. The van der Waals surface area contributed by atoms with Crippen molar-refractivity contribution in [2.45, 2.75) is 51.4 Å². The first-order valence-electron chi connectivity index (χ1n) is 6.10. The molecule has 0 aromatic rings. The van der Waals surface area contributed by atoms with Crippen molar-refractivity contribution in [1.29, 1.82) is 0 Å². The summed E-state index contributed by atoms with van der Waals surface area (Å²) in [4.78, 5) is 0. The van der Waals surface area contributed by atoms with E-state index in [-0.39, 0.29) is 0 Å². The summed E-state index contributed by atoms with van der Waals surface area (Å²) in [7, 11) is 0. The summed E-state index contributed by atoms with van der Waals surface area (Å²) in [5.41, 5.74) is 5.56. The van der Waals surface area contributed by atoms with E-state index in [0.29, 0.717) is 0 Å². The third kappa shape index (κ3) is 2.25. The molecular formula is C12H23N. The van der Waals surface area contributed by atoms with Gasteiger partial charge in [0.05, 0.1) is 0 Å². The van der Waals surface area contributed by atoms with Gasteiger partial charge in [-0.15, -0.1) is 0 Å². The monoisotopic (exact) mass is 181 g/mol. The normalized spacial score (nSPS) is 35.8. The van der Waals surface area contributed by atoms with Crippen LogP contribution in [0.3, 0.4) is 0 Å². The zero-order valence-corrected chi connectivity index (χ0v) is 8.67. The van der Waals surface area contributed by atoms with Gasteiger partial charge < -0.3 is 5.73 Å². The molecule has 0 aromatic carbocycles. The SMILES string of the molecule is NCCC1CC(C2CCCCC2)C1. The molecule has 1 heteroatoms. The summed E-state index contributed by atoms with van der Waals surface area (Å²) in [5, 5.41) is 0. The van der Waals surface area contributed by atoms with Crippen molar-refractivity contribution in [3.05, 3.63) is 0 Å². The molecule has 1 nitrogen and oxygen atoms in total. The highest BCUT2D eigenvalue weighted by atomic mass is 14.5. The van der Waals surface area contributed by atoms with Gasteiger partial charge in [0, 0.05) is 0 Å². The molecule has 2 aliphatic rings. The minimum atomic E-state index is 0.905. The first-order valence-corrected chi connectivity index (χ1v) is 6.10. The third-order valence-corrected chi connectivity index (χ3v) is 4.16. The molecule has 2 aliphatic carbocycles. The first-order chi connectivity index (χ1) is 6.40. The van der Waals surface area contributed by atoms with Crippen LogP contribution in [0.25, 0.3) is 0 Å². The smallest absolute Gasteiger partial charge is 0.00746 e. The Kier molecular flexibility index (Phi) is 3.26.